The molecule has 0 spiro atoms. The van der Waals surface area contributed by atoms with E-state index in [1.165, 1.54) is 28.2 Å². The topological polar surface area (TPSA) is 24.9 Å². The summed E-state index contributed by atoms with van der Waals surface area (Å²) in [5.74, 6) is 3.86. The van der Waals surface area contributed by atoms with Crippen LogP contribution in [0, 0.1) is 0 Å². The first-order valence-corrected chi connectivity index (χ1v) is 9.84. The second kappa shape index (κ2) is 7.52. The zero-order valence-electron chi connectivity index (χ0n) is 12.4. The zero-order chi connectivity index (χ0) is 14.5. The number of hydrogen-bond donors (Lipinski definition) is 1. The summed E-state index contributed by atoms with van der Waals surface area (Å²) >= 11 is 4.24. The van der Waals surface area contributed by atoms with Crippen molar-refractivity contribution in [3.05, 3.63) is 42.1 Å². The molecule has 0 radical (unpaired) electrons. The van der Waals surface area contributed by atoms with Gasteiger partial charge in [0.15, 0.2) is 0 Å². The van der Waals surface area contributed by atoms with Gasteiger partial charge in [0.1, 0.15) is 0 Å². The summed E-state index contributed by atoms with van der Waals surface area (Å²) in [6, 6.07) is 11.2. The third-order valence-corrected chi connectivity index (χ3v) is 6.86. The molecule has 1 aliphatic heterocycles. The van der Waals surface area contributed by atoms with Crippen LogP contribution in [0.3, 0.4) is 0 Å². The van der Waals surface area contributed by atoms with E-state index < -0.39 is 0 Å². The lowest BCUT2D eigenvalue weighted by molar-refractivity contribution is 0.523. The third kappa shape index (κ3) is 3.74. The predicted molar refractivity (Wildman–Crippen MR) is 96.5 cm³/mol. The molecule has 1 aliphatic rings. The number of thioether (sulfide) groups is 2. The Morgan fingerprint density at radius 1 is 1.29 bits per heavy atom. The number of hydrogen-bond acceptors (Lipinski definition) is 4. The number of nitrogens with one attached hydrogen (secondary N) is 1. The van der Waals surface area contributed by atoms with Gasteiger partial charge < -0.3 is 5.32 Å². The molecule has 1 saturated heterocycles. The van der Waals surface area contributed by atoms with E-state index in [1.807, 2.05) is 6.20 Å². The Morgan fingerprint density at radius 3 is 3.00 bits per heavy atom. The minimum absolute atomic E-state index is 0.554. The van der Waals surface area contributed by atoms with Crippen molar-refractivity contribution < 1.29 is 0 Å². The maximum Gasteiger partial charge on any atom is 0.0704 e. The molecular formula is C17H22N2S2. The van der Waals surface area contributed by atoms with Crippen LogP contribution in [-0.4, -0.2) is 40.1 Å². The van der Waals surface area contributed by atoms with Crippen molar-refractivity contribution in [2.75, 3.05) is 23.8 Å². The average Bonchev–Trinajstić information content (AvgIpc) is 2.55. The summed E-state index contributed by atoms with van der Waals surface area (Å²) in [5.41, 5.74) is 2.53. The number of fused-ring (bicyclic) bond motifs is 1. The summed E-state index contributed by atoms with van der Waals surface area (Å²) in [6.45, 7) is 3.24. The van der Waals surface area contributed by atoms with Gasteiger partial charge in [-0.3, -0.25) is 4.98 Å². The maximum atomic E-state index is 4.48. The quantitative estimate of drug-likeness (QED) is 0.910. The molecule has 2 aromatic rings. The lowest BCUT2D eigenvalue weighted by Crippen LogP contribution is -2.42. The van der Waals surface area contributed by atoms with Gasteiger partial charge in [-0.15, -0.1) is 0 Å². The van der Waals surface area contributed by atoms with Gasteiger partial charge in [-0.2, -0.15) is 23.5 Å². The smallest absolute Gasteiger partial charge is 0.0704 e. The van der Waals surface area contributed by atoms with E-state index >= 15 is 0 Å². The molecule has 0 bridgehead atoms. The molecule has 2 heterocycles. The van der Waals surface area contributed by atoms with E-state index in [2.05, 4.69) is 71.1 Å². The monoisotopic (exact) mass is 318 g/mol. The van der Waals surface area contributed by atoms with Crippen molar-refractivity contribution in [2.45, 2.75) is 24.6 Å². The van der Waals surface area contributed by atoms with Gasteiger partial charge in [0, 0.05) is 40.1 Å². The summed E-state index contributed by atoms with van der Waals surface area (Å²) in [7, 11) is 0. The zero-order valence-corrected chi connectivity index (χ0v) is 14.1. The van der Waals surface area contributed by atoms with Crippen LogP contribution < -0.4 is 5.32 Å². The van der Waals surface area contributed by atoms with Crippen LogP contribution in [0.25, 0.3) is 10.9 Å². The number of likely N-dealkylation sites (N-methyl/N-ethyl adjacent to an activating group) is 1. The fourth-order valence-electron chi connectivity index (χ4n) is 2.91. The minimum atomic E-state index is 0.554. The number of para-hydroxylation sites is 1. The van der Waals surface area contributed by atoms with Crippen LogP contribution in [0.4, 0.5) is 0 Å². The van der Waals surface area contributed by atoms with Crippen LogP contribution in [-0.2, 0) is 6.42 Å². The SMILES string of the molecule is CCNC(Cc1ccnc2ccccc12)C1CSCCS1. The highest BCUT2D eigenvalue weighted by atomic mass is 32.2. The molecule has 0 amide bonds. The van der Waals surface area contributed by atoms with Gasteiger partial charge in [0.25, 0.3) is 0 Å². The molecule has 2 unspecified atom stereocenters. The van der Waals surface area contributed by atoms with Crippen molar-refractivity contribution in [3.63, 3.8) is 0 Å². The first kappa shape index (κ1) is 15.2. The van der Waals surface area contributed by atoms with E-state index in [4.69, 9.17) is 0 Å². The molecule has 1 aromatic carbocycles. The lowest BCUT2D eigenvalue weighted by atomic mass is 10.00. The summed E-state index contributed by atoms with van der Waals surface area (Å²) < 4.78 is 0. The second-order valence-electron chi connectivity index (χ2n) is 5.34. The number of pyridine rings is 1. The van der Waals surface area contributed by atoms with E-state index in [9.17, 15) is 0 Å². The van der Waals surface area contributed by atoms with Crippen LogP contribution >= 0.6 is 23.5 Å². The first-order valence-electron chi connectivity index (χ1n) is 7.64. The van der Waals surface area contributed by atoms with Gasteiger partial charge in [0.05, 0.1) is 5.52 Å². The molecule has 21 heavy (non-hydrogen) atoms. The second-order valence-corrected chi connectivity index (χ2v) is 7.84. The molecule has 2 atom stereocenters. The summed E-state index contributed by atoms with van der Waals surface area (Å²) in [5, 5.41) is 5.73. The van der Waals surface area contributed by atoms with Crippen molar-refractivity contribution in [1.82, 2.24) is 10.3 Å². The van der Waals surface area contributed by atoms with Crippen LogP contribution in [0.1, 0.15) is 12.5 Å². The number of benzene rings is 1. The molecule has 3 rings (SSSR count). The minimum Gasteiger partial charge on any atom is -0.313 e. The van der Waals surface area contributed by atoms with Gasteiger partial charge in [-0.05, 0) is 30.7 Å². The van der Waals surface area contributed by atoms with Crippen molar-refractivity contribution >= 4 is 34.4 Å². The molecule has 4 heteroatoms. The molecule has 0 aliphatic carbocycles. The van der Waals surface area contributed by atoms with Crippen molar-refractivity contribution in [3.8, 4) is 0 Å². The number of nitrogens with zero attached hydrogens (tertiary/aromatic N) is 1. The van der Waals surface area contributed by atoms with Gasteiger partial charge in [0.2, 0.25) is 0 Å². The van der Waals surface area contributed by atoms with Crippen LogP contribution in [0.15, 0.2) is 36.5 Å². The number of rotatable bonds is 5. The molecule has 112 valence electrons. The van der Waals surface area contributed by atoms with Crippen LogP contribution in [0.2, 0.25) is 0 Å². The Kier molecular flexibility index (Phi) is 5.44. The molecule has 2 nitrogen and oxygen atoms in total. The van der Waals surface area contributed by atoms with Crippen molar-refractivity contribution in [1.29, 1.82) is 0 Å². The standard InChI is InChI=1S/C17H22N2S2/c1-2-18-16(17-12-20-9-10-21-17)11-13-7-8-19-15-6-4-3-5-14(13)15/h3-8,16-18H,2,9-12H2,1H3. The first-order chi connectivity index (χ1) is 10.4. The molecule has 1 N–H and O–H groups in total. The summed E-state index contributed by atoms with van der Waals surface area (Å²) in [4.78, 5) is 4.48. The highest BCUT2D eigenvalue weighted by molar-refractivity contribution is 8.06. The van der Waals surface area contributed by atoms with Gasteiger partial charge >= 0.3 is 0 Å². The average molecular weight is 319 g/mol. The van der Waals surface area contributed by atoms with E-state index in [0.29, 0.717) is 6.04 Å². The molecular weight excluding hydrogens is 296 g/mol. The third-order valence-electron chi connectivity index (χ3n) is 3.94. The highest BCUT2D eigenvalue weighted by Crippen LogP contribution is 2.29. The van der Waals surface area contributed by atoms with E-state index in [-0.39, 0.29) is 0 Å². The van der Waals surface area contributed by atoms with Crippen LogP contribution in [0.5, 0.6) is 0 Å². The van der Waals surface area contributed by atoms with Gasteiger partial charge in [-0.25, -0.2) is 0 Å². The molecule has 1 fully saturated rings. The summed E-state index contributed by atoms with van der Waals surface area (Å²) in [6.07, 6.45) is 3.04. The Hall–Kier alpha value is -0.710. The van der Waals surface area contributed by atoms with Crippen molar-refractivity contribution in [2.24, 2.45) is 0 Å². The van der Waals surface area contributed by atoms with Gasteiger partial charge in [-0.1, -0.05) is 25.1 Å². The Bertz CT molecular complexity index is 577. The largest absolute Gasteiger partial charge is 0.313 e. The molecule has 1 aromatic heterocycles. The number of aromatic nitrogens is 1. The fourth-order valence-corrected chi connectivity index (χ4v) is 5.79. The molecule has 0 saturated carbocycles. The Morgan fingerprint density at radius 2 is 2.19 bits per heavy atom. The van der Waals surface area contributed by atoms with E-state index in [0.717, 1.165) is 23.7 Å². The fraction of sp³-hybridized carbons (Fsp3) is 0.471. The maximum absolute atomic E-state index is 4.48. The Labute approximate surface area is 135 Å². The van der Waals surface area contributed by atoms with E-state index in [1.54, 1.807) is 0 Å². The lowest BCUT2D eigenvalue weighted by Gasteiger charge is -2.30. The predicted octanol–water partition coefficient (Wildman–Crippen LogP) is 3.60. The Balaban J connectivity index is 1.83. The normalized spacial score (nSPS) is 20.5. The highest BCUT2D eigenvalue weighted by Gasteiger charge is 2.24.